The Balaban J connectivity index is 1.97. The number of fused-ring (bicyclic) bond motifs is 1. The number of rotatable bonds is 7. The molecule has 0 bridgehead atoms. The summed E-state index contributed by atoms with van der Waals surface area (Å²) in [5, 5.41) is 15.3. The summed E-state index contributed by atoms with van der Waals surface area (Å²) in [7, 11) is 0. The molecule has 8 nitrogen and oxygen atoms in total. The maximum absolute atomic E-state index is 13.0. The summed E-state index contributed by atoms with van der Waals surface area (Å²) < 4.78 is 5.17. The third-order valence-corrected chi connectivity index (χ3v) is 5.10. The number of aromatic amines is 1. The molecule has 0 saturated carbocycles. The van der Waals surface area contributed by atoms with E-state index >= 15 is 0 Å². The molecule has 31 heavy (non-hydrogen) atoms. The fraction of sp³-hybridized carbons (Fsp3) is 0.238. The van der Waals surface area contributed by atoms with Gasteiger partial charge in [-0.15, -0.1) is 0 Å². The quantitative estimate of drug-likeness (QED) is 0.284. The van der Waals surface area contributed by atoms with Crippen LogP contribution >= 0.6 is 23.2 Å². The highest BCUT2D eigenvalue weighted by Gasteiger charge is 2.28. The lowest BCUT2D eigenvalue weighted by molar-refractivity contribution is -0.385. The lowest BCUT2D eigenvalue weighted by Gasteiger charge is -2.19. The van der Waals surface area contributed by atoms with Crippen LogP contribution in [0.15, 0.2) is 42.5 Å². The van der Waals surface area contributed by atoms with Crippen molar-refractivity contribution in [2.24, 2.45) is 0 Å². The van der Waals surface area contributed by atoms with Crippen molar-refractivity contribution in [2.45, 2.75) is 32.4 Å². The number of carbonyl (C=O) groups excluding carboxylic acids is 2. The predicted molar refractivity (Wildman–Crippen MR) is 117 cm³/mol. The lowest BCUT2D eigenvalue weighted by atomic mass is 10.0. The zero-order chi connectivity index (χ0) is 22.7. The van der Waals surface area contributed by atoms with Crippen molar-refractivity contribution >= 4 is 51.7 Å². The van der Waals surface area contributed by atoms with Crippen LogP contribution in [0.5, 0.6) is 0 Å². The predicted octanol–water partition coefficient (Wildman–Crippen LogP) is 5.20. The first kappa shape index (κ1) is 22.6. The number of nitro groups is 1. The SMILES string of the molecule is CC(C)OC(=O)CC(NC(=O)c1[nH]c2ccc(Cl)cc2c1Cl)c1ccccc1[N+](=O)[O-]. The topological polar surface area (TPSA) is 114 Å². The Bertz CT molecular complexity index is 1160. The van der Waals surface area contributed by atoms with Crippen LogP contribution in [0.2, 0.25) is 10.0 Å². The number of ether oxygens (including phenoxy) is 1. The summed E-state index contributed by atoms with van der Waals surface area (Å²) in [6.07, 6.45) is -0.666. The molecular formula is C21H19Cl2N3O5. The minimum absolute atomic E-state index is 0.0553. The van der Waals surface area contributed by atoms with Gasteiger partial charge in [0.2, 0.25) is 0 Å². The van der Waals surface area contributed by atoms with Crippen molar-refractivity contribution in [1.29, 1.82) is 0 Å². The Kier molecular flexibility index (Phi) is 6.82. The molecule has 1 atom stereocenters. The van der Waals surface area contributed by atoms with Gasteiger partial charge in [0.15, 0.2) is 0 Å². The molecule has 3 rings (SSSR count). The number of esters is 1. The maximum Gasteiger partial charge on any atom is 0.308 e. The third-order valence-electron chi connectivity index (χ3n) is 4.48. The number of benzene rings is 2. The second-order valence-electron chi connectivity index (χ2n) is 7.09. The number of hydrogen-bond acceptors (Lipinski definition) is 5. The van der Waals surface area contributed by atoms with Crippen molar-refractivity contribution < 1.29 is 19.2 Å². The van der Waals surface area contributed by atoms with E-state index in [2.05, 4.69) is 10.3 Å². The van der Waals surface area contributed by atoms with E-state index < -0.39 is 22.8 Å². The summed E-state index contributed by atoms with van der Waals surface area (Å²) in [5.74, 6) is -1.23. The summed E-state index contributed by atoms with van der Waals surface area (Å²) in [6, 6.07) is 9.82. The van der Waals surface area contributed by atoms with Crippen LogP contribution in [-0.2, 0) is 9.53 Å². The second kappa shape index (κ2) is 9.36. The number of H-pyrrole nitrogens is 1. The van der Waals surface area contributed by atoms with Gasteiger partial charge in [0.1, 0.15) is 5.69 Å². The van der Waals surface area contributed by atoms with Crippen LogP contribution in [0.4, 0.5) is 5.69 Å². The maximum atomic E-state index is 13.0. The standard InChI is InChI=1S/C21H19Cl2N3O5/c1-11(2)31-18(27)10-16(13-5-3-4-6-17(13)26(29)30)25-21(28)20-19(23)14-9-12(22)7-8-15(14)24-20/h3-9,11,16,24H,10H2,1-2H3,(H,25,28). The summed E-state index contributed by atoms with van der Waals surface area (Å²) in [6.45, 7) is 3.37. The molecule has 2 N–H and O–H groups in total. The van der Waals surface area contributed by atoms with Crippen LogP contribution in [0, 0.1) is 10.1 Å². The number of hydrogen-bond donors (Lipinski definition) is 2. The Morgan fingerprint density at radius 1 is 1.19 bits per heavy atom. The number of amides is 1. The second-order valence-corrected chi connectivity index (χ2v) is 7.90. The summed E-state index contributed by atoms with van der Waals surface area (Å²) in [5.41, 5.74) is 0.609. The number of nitrogens with zero attached hydrogens (tertiary/aromatic N) is 1. The lowest BCUT2D eigenvalue weighted by Crippen LogP contribution is -2.32. The van der Waals surface area contributed by atoms with E-state index in [0.717, 1.165) is 0 Å². The van der Waals surface area contributed by atoms with Gasteiger partial charge >= 0.3 is 5.97 Å². The monoisotopic (exact) mass is 463 g/mol. The highest BCUT2D eigenvalue weighted by atomic mass is 35.5. The molecule has 0 saturated heterocycles. The summed E-state index contributed by atoms with van der Waals surface area (Å²) in [4.78, 5) is 39.1. The van der Waals surface area contributed by atoms with E-state index in [0.29, 0.717) is 15.9 Å². The molecule has 1 unspecified atom stereocenters. The van der Waals surface area contributed by atoms with E-state index in [1.54, 1.807) is 38.1 Å². The fourth-order valence-electron chi connectivity index (χ4n) is 3.18. The first-order chi connectivity index (χ1) is 14.7. The van der Waals surface area contributed by atoms with Crippen LogP contribution in [0.3, 0.4) is 0 Å². The number of carbonyl (C=O) groups is 2. The van der Waals surface area contributed by atoms with E-state index in [4.69, 9.17) is 27.9 Å². The molecule has 0 aliphatic carbocycles. The molecular weight excluding hydrogens is 445 g/mol. The van der Waals surface area contributed by atoms with Gasteiger partial charge < -0.3 is 15.0 Å². The Morgan fingerprint density at radius 3 is 2.58 bits per heavy atom. The molecule has 0 aliphatic rings. The molecule has 3 aromatic rings. The smallest absolute Gasteiger partial charge is 0.308 e. The van der Waals surface area contributed by atoms with Crippen LogP contribution < -0.4 is 5.32 Å². The third kappa shape index (κ3) is 5.15. The Hall–Kier alpha value is -3.10. The van der Waals surface area contributed by atoms with Gasteiger partial charge in [-0.2, -0.15) is 0 Å². The molecule has 0 spiro atoms. The zero-order valence-electron chi connectivity index (χ0n) is 16.6. The van der Waals surface area contributed by atoms with Crippen LogP contribution in [0.1, 0.15) is 42.4 Å². The van der Waals surface area contributed by atoms with E-state index in [-0.39, 0.29) is 34.5 Å². The van der Waals surface area contributed by atoms with Crippen LogP contribution in [-0.4, -0.2) is 27.9 Å². The molecule has 0 aliphatic heterocycles. The molecule has 1 heterocycles. The summed E-state index contributed by atoms with van der Waals surface area (Å²) >= 11 is 12.4. The van der Waals surface area contributed by atoms with Gasteiger partial charge in [0.25, 0.3) is 11.6 Å². The largest absolute Gasteiger partial charge is 0.463 e. The molecule has 2 aromatic carbocycles. The highest BCUT2D eigenvalue weighted by Crippen LogP contribution is 2.32. The average Bonchev–Trinajstić information content (AvgIpc) is 3.03. The number of halogens is 2. The van der Waals surface area contributed by atoms with Crippen molar-refractivity contribution in [3.05, 3.63) is 73.9 Å². The van der Waals surface area contributed by atoms with Gasteiger partial charge in [-0.25, -0.2) is 0 Å². The van der Waals surface area contributed by atoms with Gasteiger partial charge in [-0.05, 0) is 32.0 Å². The zero-order valence-corrected chi connectivity index (χ0v) is 18.2. The van der Waals surface area contributed by atoms with Crippen molar-refractivity contribution in [3.63, 3.8) is 0 Å². The highest BCUT2D eigenvalue weighted by molar-refractivity contribution is 6.39. The number of nitro benzene ring substituents is 1. The molecule has 0 fully saturated rings. The Labute approximate surface area is 187 Å². The fourth-order valence-corrected chi connectivity index (χ4v) is 3.64. The van der Waals surface area contributed by atoms with Crippen LogP contribution in [0.25, 0.3) is 10.9 Å². The minimum atomic E-state index is -1.01. The molecule has 162 valence electrons. The number of nitrogens with one attached hydrogen (secondary N) is 2. The Morgan fingerprint density at radius 2 is 1.90 bits per heavy atom. The number of para-hydroxylation sites is 1. The minimum Gasteiger partial charge on any atom is -0.463 e. The van der Waals surface area contributed by atoms with Crippen molar-refractivity contribution in [2.75, 3.05) is 0 Å². The van der Waals surface area contributed by atoms with E-state index in [1.165, 1.54) is 18.2 Å². The van der Waals surface area contributed by atoms with E-state index in [1.807, 2.05) is 0 Å². The van der Waals surface area contributed by atoms with Gasteiger partial charge in [-0.1, -0.05) is 41.4 Å². The van der Waals surface area contributed by atoms with E-state index in [9.17, 15) is 19.7 Å². The van der Waals surface area contributed by atoms with Gasteiger partial charge in [0.05, 0.1) is 34.1 Å². The van der Waals surface area contributed by atoms with Gasteiger partial charge in [0, 0.05) is 22.0 Å². The van der Waals surface area contributed by atoms with Crippen molar-refractivity contribution in [3.8, 4) is 0 Å². The molecule has 10 heteroatoms. The van der Waals surface area contributed by atoms with Gasteiger partial charge in [-0.3, -0.25) is 19.7 Å². The molecule has 1 aromatic heterocycles. The first-order valence-electron chi connectivity index (χ1n) is 9.37. The molecule has 1 amide bonds. The average molecular weight is 464 g/mol. The first-order valence-corrected chi connectivity index (χ1v) is 10.1. The van der Waals surface area contributed by atoms with Crippen molar-refractivity contribution in [1.82, 2.24) is 10.3 Å². The molecule has 0 radical (unpaired) electrons. The normalized spacial score (nSPS) is 12.0. The number of aromatic nitrogens is 1.